The maximum absolute atomic E-state index is 12.4. The van der Waals surface area contributed by atoms with Crippen molar-refractivity contribution in [3.8, 4) is 0 Å². The summed E-state index contributed by atoms with van der Waals surface area (Å²) >= 11 is 0. The molecular weight excluding hydrogens is 328 g/mol. The Kier molecular flexibility index (Phi) is 5.68. The predicted octanol–water partition coefficient (Wildman–Crippen LogP) is 1.77. The molecule has 0 saturated carbocycles. The Balaban J connectivity index is 1.66. The van der Waals surface area contributed by atoms with Gasteiger partial charge < -0.3 is 9.15 Å². The monoisotopic (exact) mass is 350 g/mol. The first kappa shape index (κ1) is 17.2. The van der Waals surface area contributed by atoms with Crippen LogP contribution in [0.4, 0.5) is 0 Å². The van der Waals surface area contributed by atoms with Gasteiger partial charge in [0.25, 0.3) is 0 Å². The fourth-order valence-electron chi connectivity index (χ4n) is 2.83. The van der Waals surface area contributed by atoms with E-state index >= 15 is 0 Å². The molecule has 7 heteroatoms. The molecule has 1 N–H and O–H groups in total. The highest BCUT2D eigenvalue weighted by Gasteiger charge is 2.26. The van der Waals surface area contributed by atoms with Gasteiger partial charge in [-0.2, -0.15) is 0 Å². The van der Waals surface area contributed by atoms with Gasteiger partial charge in [-0.1, -0.05) is 30.3 Å². The molecule has 2 heterocycles. The lowest BCUT2D eigenvalue weighted by Crippen LogP contribution is -2.43. The molecule has 0 radical (unpaired) electrons. The van der Waals surface area contributed by atoms with E-state index in [4.69, 9.17) is 9.15 Å². The fourth-order valence-corrected chi connectivity index (χ4v) is 3.98. The highest BCUT2D eigenvalue weighted by molar-refractivity contribution is 7.88. The zero-order valence-corrected chi connectivity index (χ0v) is 14.2. The molecule has 0 aliphatic carbocycles. The molecule has 130 valence electrons. The average Bonchev–Trinajstić information content (AvgIpc) is 3.11. The first-order chi connectivity index (χ1) is 11.6. The van der Waals surface area contributed by atoms with Crippen LogP contribution in [-0.2, 0) is 20.5 Å². The maximum atomic E-state index is 12.4. The molecule has 1 fully saturated rings. The molecule has 0 spiro atoms. The van der Waals surface area contributed by atoms with Crippen molar-refractivity contribution in [1.82, 2.24) is 9.62 Å². The summed E-state index contributed by atoms with van der Waals surface area (Å²) in [6.45, 7) is 3.09. The lowest BCUT2D eigenvalue weighted by atomic mass is 10.2. The van der Waals surface area contributed by atoms with Crippen molar-refractivity contribution in [2.75, 3.05) is 32.8 Å². The van der Waals surface area contributed by atoms with Crippen LogP contribution in [0.1, 0.15) is 17.4 Å². The summed E-state index contributed by atoms with van der Waals surface area (Å²) in [5.74, 6) is 0.737. The number of ether oxygens (including phenoxy) is 1. The fraction of sp³-hybridized carbons (Fsp3) is 0.412. The van der Waals surface area contributed by atoms with Gasteiger partial charge in [0, 0.05) is 19.6 Å². The molecule has 1 aromatic carbocycles. The third kappa shape index (κ3) is 4.67. The number of benzene rings is 1. The quantitative estimate of drug-likeness (QED) is 0.824. The van der Waals surface area contributed by atoms with E-state index in [0.29, 0.717) is 13.2 Å². The molecule has 3 rings (SSSR count). The molecule has 24 heavy (non-hydrogen) atoms. The Morgan fingerprint density at radius 1 is 1.08 bits per heavy atom. The number of hydrogen-bond acceptors (Lipinski definition) is 5. The lowest BCUT2D eigenvalue weighted by Gasteiger charge is -2.33. The highest BCUT2D eigenvalue weighted by atomic mass is 32.2. The van der Waals surface area contributed by atoms with Gasteiger partial charge in [0.15, 0.2) is 0 Å². The van der Waals surface area contributed by atoms with Crippen molar-refractivity contribution in [3.63, 3.8) is 0 Å². The minimum atomic E-state index is -3.41. The van der Waals surface area contributed by atoms with E-state index in [9.17, 15) is 8.42 Å². The summed E-state index contributed by atoms with van der Waals surface area (Å²) in [6.07, 6.45) is 1.61. The van der Waals surface area contributed by atoms with Gasteiger partial charge in [-0.15, -0.1) is 0 Å². The molecule has 6 nitrogen and oxygen atoms in total. The topological polar surface area (TPSA) is 71.8 Å². The van der Waals surface area contributed by atoms with Crippen LogP contribution in [0.15, 0.2) is 53.1 Å². The van der Waals surface area contributed by atoms with Crippen LogP contribution in [0.3, 0.4) is 0 Å². The van der Waals surface area contributed by atoms with Crippen LogP contribution < -0.4 is 4.72 Å². The van der Waals surface area contributed by atoms with Crippen LogP contribution in [0.5, 0.6) is 0 Å². The molecule has 1 saturated heterocycles. The molecule has 1 atom stereocenters. The second-order valence-corrected chi connectivity index (χ2v) is 7.58. The number of furan rings is 1. The number of rotatable bonds is 7. The van der Waals surface area contributed by atoms with Crippen LogP contribution in [0.25, 0.3) is 0 Å². The third-order valence-electron chi connectivity index (χ3n) is 4.05. The Bertz CT molecular complexity index is 710. The molecule has 0 unspecified atom stereocenters. The zero-order chi connectivity index (χ0) is 16.8. The number of sulfonamides is 1. The average molecular weight is 350 g/mol. The van der Waals surface area contributed by atoms with Crippen molar-refractivity contribution in [2.24, 2.45) is 0 Å². The van der Waals surface area contributed by atoms with Crippen molar-refractivity contribution in [3.05, 3.63) is 60.1 Å². The van der Waals surface area contributed by atoms with Gasteiger partial charge in [0.05, 0.1) is 31.3 Å². The largest absolute Gasteiger partial charge is 0.468 e. The number of morpholine rings is 1. The summed E-state index contributed by atoms with van der Waals surface area (Å²) < 4.78 is 38.4. The number of nitrogens with zero attached hydrogens (tertiary/aromatic N) is 1. The van der Waals surface area contributed by atoms with E-state index in [1.807, 2.05) is 42.5 Å². The predicted molar refractivity (Wildman–Crippen MR) is 90.9 cm³/mol. The summed E-state index contributed by atoms with van der Waals surface area (Å²) in [5, 5.41) is 0. The normalized spacial score (nSPS) is 17.7. The van der Waals surface area contributed by atoms with Gasteiger partial charge in [0.2, 0.25) is 10.0 Å². The molecule has 0 bridgehead atoms. The Hall–Kier alpha value is -1.67. The Labute approximate surface area is 142 Å². The van der Waals surface area contributed by atoms with Crippen LogP contribution in [0.2, 0.25) is 0 Å². The van der Waals surface area contributed by atoms with E-state index in [0.717, 1.165) is 24.4 Å². The molecule has 1 aliphatic heterocycles. The number of nitrogens with one attached hydrogen (secondary N) is 1. The van der Waals surface area contributed by atoms with Gasteiger partial charge in [-0.25, -0.2) is 13.1 Å². The van der Waals surface area contributed by atoms with E-state index in [1.54, 1.807) is 6.26 Å². The highest BCUT2D eigenvalue weighted by Crippen LogP contribution is 2.22. The summed E-state index contributed by atoms with van der Waals surface area (Å²) in [7, 11) is -3.41. The minimum Gasteiger partial charge on any atom is -0.468 e. The molecular formula is C17H22N2O4S. The van der Waals surface area contributed by atoms with E-state index in [1.165, 1.54) is 0 Å². The second kappa shape index (κ2) is 7.94. The van der Waals surface area contributed by atoms with Gasteiger partial charge in [-0.3, -0.25) is 4.90 Å². The summed E-state index contributed by atoms with van der Waals surface area (Å²) in [5.41, 5.74) is 0.769. The number of hydrogen-bond donors (Lipinski definition) is 1. The van der Waals surface area contributed by atoms with Crippen LogP contribution in [0, 0.1) is 0 Å². The van der Waals surface area contributed by atoms with Crippen molar-refractivity contribution in [1.29, 1.82) is 0 Å². The smallest absolute Gasteiger partial charge is 0.215 e. The molecule has 0 amide bonds. The van der Waals surface area contributed by atoms with Crippen molar-refractivity contribution >= 4 is 10.0 Å². The van der Waals surface area contributed by atoms with Gasteiger partial charge in [-0.05, 0) is 17.7 Å². The molecule has 1 aromatic heterocycles. The standard InChI is InChI=1S/C17H22N2O4S/c20-24(21,14-15-5-2-1-3-6-15)18-13-16(17-7-4-10-23-17)19-8-11-22-12-9-19/h1-7,10,16,18H,8-9,11-14H2/t16-/m0/s1. The molecule has 2 aromatic rings. The van der Waals surface area contributed by atoms with Crippen molar-refractivity contribution < 1.29 is 17.6 Å². The lowest BCUT2D eigenvalue weighted by molar-refractivity contribution is 0.0128. The van der Waals surface area contributed by atoms with E-state index in [-0.39, 0.29) is 18.3 Å². The van der Waals surface area contributed by atoms with Gasteiger partial charge in [0.1, 0.15) is 5.76 Å². The summed E-state index contributed by atoms with van der Waals surface area (Å²) in [6, 6.07) is 12.7. The van der Waals surface area contributed by atoms with Crippen LogP contribution in [-0.4, -0.2) is 46.2 Å². The maximum Gasteiger partial charge on any atom is 0.215 e. The second-order valence-electron chi connectivity index (χ2n) is 5.77. The van der Waals surface area contributed by atoms with E-state index in [2.05, 4.69) is 9.62 Å². The first-order valence-electron chi connectivity index (χ1n) is 8.00. The zero-order valence-electron chi connectivity index (χ0n) is 13.4. The third-order valence-corrected chi connectivity index (χ3v) is 5.37. The van der Waals surface area contributed by atoms with Crippen LogP contribution >= 0.6 is 0 Å². The summed E-state index contributed by atoms with van der Waals surface area (Å²) in [4.78, 5) is 2.19. The van der Waals surface area contributed by atoms with E-state index < -0.39 is 10.0 Å². The first-order valence-corrected chi connectivity index (χ1v) is 9.66. The minimum absolute atomic E-state index is 0.0260. The SMILES string of the molecule is O=S(=O)(Cc1ccccc1)NC[C@@H](c1ccco1)N1CCOCC1. The van der Waals surface area contributed by atoms with Gasteiger partial charge >= 0.3 is 0 Å². The molecule has 1 aliphatic rings. The Morgan fingerprint density at radius 2 is 1.83 bits per heavy atom. The Morgan fingerprint density at radius 3 is 2.50 bits per heavy atom. The van der Waals surface area contributed by atoms with Crippen molar-refractivity contribution in [2.45, 2.75) is 11.8 Å².